The third-order valence-electron chi connectivity index (χ3n) is 3.23. The van der Waals surface area contributed by atoms with Crippen molar-refractivity contribution in [3.8, 4) is 0 Å². The van der Waals surface area contributed by atoms with Crippen LogP contribution in [0, 0.1) is 13.8 Å². The molecule has 102 valence electrons. The molecule has 0 aliphatic rings. The van der Waals surface area contributed by atoms with Gasteiger partial charge in [-0.3, -0.25) is 0 Å². The van der Waals surface area contributed by atoms with E-state index in [2.05, 4.69) is 60.4 Å². The van der Waals surface area contributed by atoms with E-state index in [4.69, 9.17) is 0 Å². The van der Waals surface area contributed by atoms with Crippen molar-refractivity contribution in [1.82, 2.24) is 0 Å². The predicted octanol–water partition coefficient (Wildman–Crippen LogP) is 2.90. The van der Waals surface area contributed by atoms with Crippen LogP contribution >= 0.6 is 0 Å². The van der Waals surface area contributed by atoms with Crippen LogP contribution in [-0.4, -0.2) is 0 Å². The Balaban J connectivity index is 0.000000200. The van der Waals surface area contributed by atoms with Crippen LogP contribution in [0.5, 0.6) is 0 Å². The first kappa shape index (κ1) is 15.4. The van der Waals surface area contributed by atoms with E-state index in [-0.39, 0.29) is 0 Å². The van der Waals surface area contributed by atoms with Gasteiger partial charge >= 0.3 is 0 Å². The maximum Gasteiger partial charge on any atom is 0.178 e. The molecule has 2 aromatic heterocycles. The standard InChI is InChI=1S/C10H16N.C7H10N/c1-3-4-8-11-9-6-5-7-10(11)2;1-7-5-3-4-6-8(7)2/h5-7,9H,3-4,8H2,1-2H3;3-6H,1-2H3/q2*+1. The summed E-state index contributed by atoms with van der Waals surface area (Å²) in [5.74, 6) is 0. The van der Waals surface area contributed by atoms with Gasteiger partial charge < -0.3 is 0 Å². The highest BCUT2D eigenvalue weighted by molar-refractivity contribution is 4.94. The number of hydrogen-bond donors (Lipinski definition) is 0. The van der Waals surface area contributed by atoms with E-state index in [1.807, 2.05) is 25.4 Å². The lowest BCUT2D eigenvalue weighted by Gasteiger charge is -1.97. The van der Waals surface area contributed by atoms with E-state index in [9.17, 15) is 0 Å². The van der Waals surface area contributed by atoms with Gasteiger partial charge in [0.2, 0.25) is 0 Å². The van der Waals surface area contributed by atoms with E-state index in [0.717, 1.165) is 6.54 Å². The molecule has 0 aromatic carbocycles. The Kier molecular flexibility index (Phi) is 6.80. The predicted molar refractivity (Wildman–Crippen MR) is 78.6 cm³/mol. The summed E-state index contributed by atoms with van der Waals surface area (Å²) in [6.07, 6.45) is 6.72. The molecule has 0 atom stereocenters. The number of pyridine rings is 2. The van der Waals surface area contributed by atoms with Crippen molar-refractivity contribution in [3.05, 3.63) is 60.2 Å². The fraction of sp³-hybridized carbons (Fsp3) is 0.412. The molecule has 2 rings (SSSR count). The second-order valence-electron chi connectivity index (χ2n) is 4.84. The van der Waals surface area contributed by atoms with Crippen LogP contribution in [0.1, 0.15) is 31.2 Å². The minimum Gasteiger partial charge on any atom is -0.205 e. The van der Waals surface area contributed by atoms with Crippen molar-refractivity contribution < 1.29 is 9.13 Å². The summed E-state index contributed by atoms with van der Waals surface area (Å²) in [4.78, 5) is 0. The Labute approximate surface area is 117 Å². The largest absolute Gasteiger partial charge is 0.205 e. The molecule has 2 heterocycles. The molecule has 0 fully saturated rings. The zero-order valence-electron chi connectivity index (χ0n) is 12.6. The molecule has 0 saturated carbocycles. The first-order valence-electron chi connectivity index (χ1n) is 7.01. The Hall–Kier alpha value is -1.70. The summed E-state index contributed by atoms with van der Waals surface area (Å²) in [7, 11) is 2.04. The Bertz CT molecular complexity index is 471. The lowest BCUT2D eigenvalue weighted by atomic mass is 10.3. The van der Waals surface area contributed by atoms with Gasteiger partial charge in [-0.05, 0) is 0 Å². The van der Waals surface area contributed by atoms with Crippen LogP contribution in [-0.2, 0) is 13.6 Å². The Morgan fingerprint density at radius 2 is 1.53 bits per heavy atom. The molecule has 0 spiro atoms. The van der Waals surface area contributed by atoms with Gasteiger partial charge in [-0.1, -0.05) is 25.5 Å². The third-order valence-corrected chi connectivity index (χ3v) is 3.23. The lowest BCUT2D eigenvalue weighted by Crippen LogP contribution is -2.36. The summed E-state index contributed by atoms with van der Waals surface area (Å²) in [5.41, 5.74) is 2.63. The number of rotatable bonds is 3. The summed E-state index contributed by atoms with van der Waals surface area (Å²) >= 11 is 0. The molecule has 0 aliphatic carbocycles. The Morgan fingerprint density at radius 3 is 2.00 bits per heavy atom. The number of aromatic nitrogens is 2. The molecule has 0 radical (unpaired) electrons. The lowest BCUT2D eigenvalue weighted by molar-refractivity contribution is -0.703. The molecule has 0 saturated heterocycles. The van der Waals surface area contributed by atoms with Gasteiger partial charge in [0.1, 0.15) is 13.6 Å². The van der Waals surface area contributed by atoms with Crippen LogP contribution in [0.25, 0.3) is 0 Å². The number of hydrogen-bond acceptors (Lipinski definition) is 0. The zero-order valence-corrected chi connectivity index (χ0v) is 12.6. The molecular weight excluding hydrogens is 232 g/mol. The van der Waals surface area contributed by atoms with Gasteiger partial charge in [-0.25, -0.2) is 9.13 Å². The SMILES string of the molecule is CCCC[n+]1ccccc1C.Cc1cccc[n+]1C. The van der Waals surface area contributed by atoms with Crippen molar-refractivity contribution in [2.45, 2.75) is 40.2 Å². The van der Waals surface area contributed by atoms with Crippen molar-refractivity contribution >= 4 is 0 Å². The summed E-state index contributed by atoms with van der Waals surface area (Å²) < 4.78 is 4.38. The fourth-order valence-electron chi connectivity index (χ4n) is 1.75. The minimum absolute atomic E-state index is 1.16. The fourth-order valence-corrected chi connectivity index (χ4v) is 1.75. The molecule has 0 unspecified atom stereocenters. The van der Waals surface area contributed by atoms with E-state index in [1.165, 1.54) is 24.2 Å². The van der Waals surface area contributed by atoms with Crippen LogP contribution in [0.3, 0.4) is 0 Å². The second-order valence-corrected chi connectivity index (χ2v) is 4.84. The molecule has 2 heteroatoms. The van der Waals surface area contributed by atoms with Crippen molar-refractivity contribution in [1.29, 1.82) is 0 Å². The minimum atomic E-state index is 1.16. The van der Waals surface area contributed by atoms with Crippen LogP contribution in [0.4, 0.5) is 0 Å². The van der Waals surface area contributed by atoms with Crippen molar-refractivity contribution in [2.24, 2.45) is 7.05 Å². The molecule has 0 amide bonds. The van der Waals surface area contributed by atoms with Gasteiger partial charge in [0, 0.05) is 44.5 Å². The maximum absolute atomic E-state index is 2.30. The van der Waals surface area contributed by atoms with E-state index in [1.54, 1.807) is 0 Å². The molecule has 19 heavy (non-hydrogen) atoms. The molecule has 2 nitrogen and oxygen atoms in total. The normalized spacial score (nSPS) is 9.68. The number of aryl methyl sites for hydroxylation is 4. The summed E-state index contributed by atoms with van der Waals surface area (Å²) in [5, 5.41) is 0. The van der Waals surface area contributed by atoms with E-state index in [0.29, 0.717) is 0 Å². The Morgan fingerprint density at radius 1 is 0.895 bits per heavy atom. The molecule has 0 N–H and O–H groups in total. The van der Waals surface area contributed by atoms with E-state index >= 15 is 0 Å². The monoisotopic (exact) mass is 258 g/mol. The third kappa shape index (κ3) is 5.64. The highest BCUT2D eigenvalue weighted by Gasteiger charge is 2.01. The summed E-state index contributed by atoms with van der Waals surface area (Å²) in [6, 6.07) is 12.5. The summed E-state index contributed by atoms with van der Waals surface area (Å²) in [6.45, 7) is 7.61. The molecule has 0 bridgehead atoms. The van der Waals surface area contributed by atoms with Crippen molar-refractivity contribution in [3.63, 3.8) is 0 Å². The average Bonchev–Trinajstić information content (AvgIpc) is 2.42. The maximum atomic E-state index is 2.30. The van der Waals surface area contributed by atoms with E-state index < -0.39 is 0 Å². The van der Waals surface area contributed by atoms with Gasteiger partial charge in [-0.2, -0.15) is 0 Å². The molecule has 0 aliphatic heterocycles. The van der Waals surface area contributed by atoms with Gasteiger partial charge in [0.05, 0.1) is 0 Å². The first-order chi connectivity index (χ1) is 9.15. The van der Waals surface area contributed by atoms with Gasteiger partial charge in [0.25, 0.3) is 0 Å². The quantitative estimate of drug-likeness (QED) is 0.748. The topological polar surface area (TPSA) is 7.76 Å². The molecular formula is C17H26N2+2. The highest BCUT2D eigenvalue weighted by atomic mass is 14.9. The van der Waals surface area contributed by atoms with Crippen LogP contribution in [0.15, 0.2) is 48.8 Å². The van der Waals surface area contributed by atoms with Crippen molar-refractivity contribution in [2.75, 3.05) is 0 Å². The second kappa shape index (κ2) is 8.41. The first-order valence-corrected chi connectivity index (χ1v) is 7.01. The smallest absolute Gasteiger partial charge is 0.178 e. The van der Waals surface area contributed by atoms with Gasteiger partial charge in [0.15, 0.2) is 23.8 Å². The van der Waals surface area contributed by atoms with Crippen LogP contribution in [0.2, 0.25) is 0 Å². The number of nitrogens with zero attached hydrogens (tertiary/aromatic N) is 2. The zero-order chi connectivity index (χ0) is 14.1. The highest BCUT2D eigenvalue weighted by Crippen LogP contribution is 1.91. The van der Waals surface area contributed by atoms with Crippen LogP contribution < -0.4 is 9.13 Å². The van der Waals surface area contributed by atoms with Gasteiger partial charge in [-0.15, -0.1) is 0 Å². The molecule has 2 aromatic rings. The number of unbranched alkanes of at least 4 members (excludes halogenated alkanes) is 1. The average molecular weight is 258 g/mol.